The molecule has 0 radical (unpaired) electrons. The Bertz CT molecular complexity index is 408. The van der Waals surface area contributed by atoms with Crippen molar-refractivity contribution in [1.29, 1.82) is 0 Å². The molecule has 74 valence electrons. The Balaban J connectivity index is 2.10. The molecule has 1 aromatic heterocycles. The largest absolute Gasteiger partial charge is 0.320 e. The van der Waals surface area contributed by atoms with Crippen LogP contribution in [0.25, 0.3) is 10.2 Å². The smallest absolute Gasteiger partial charge is 0.0814 e. The van der Waals surface area contributed by atoms with Crippen LogP contribution in [0.3, 0.4) is 0 Å². The van der Waals surface area contributed by atoms with Crippen LogP contribution in [0.15, 0.2) is 23.7 Å². The predicted molar refractivity (Wildman–Crippen MR) is 61.9 cm³/mol. The first-order valence-electron chi connectivity index (χ1n) is 4.87. The molecule has 3 heteroatoms. The van der Waals surface area contributed by atoms with Gasteiger partial charge in [0, 0.05) is 0 Å². The second-order valence-electron chi connectivity index (χ2n) is 3.36. The molecule has 0 saturated carbocycles. The van der Waals surface area contributed by atoms with Gasteiger partial charge < -0.3 is 5.32 Å². The standard InChI is InChI=1S/C11H14N2S/c1-12-6-2-3-9-4-5-11-10(7-9)13-8-14-11/h4-5,7-8,12H,2-3,6H2,1H3. The fraction of sp³-hybridized carbons (Fsp3) is 0.364. The first kappa shape index (κ1) is 9.62. The maximum atomic E-state index is 4.31. The summed E-state index contributed by atoms with van der Waals surface area (Å²) in [5.74, 6) is 0. The number of thiazole rings is 1. The molecule has 1 aromatic carbocycles. The molecule has 0 saturated heterocycles. The van der Waals surface area contributed by atoms with Gasteiger partial charge in [-0.2, -0.15) is 0 Å². The van der Waals surface area contributed by atoms with E-state index in [0.29, 0.717) is 0 Å². The monoisotopic (exact) mass is 206 g/mol. The lowest BCUT2D eigenvalue weighted by atomic mass is 10.1. The molecule has 14 heavy (non-hydrogen) atoms. The minimum Gasteiger partial charge on any atom is -0.320 e. The molecule has 0 aliphatic heterocycles. The van der Waals surface area contributed by atoms with Crippen molar-refractivity contribution >= 4 is 21.6 Å². The van der Waals surface area contributed by atoms with Crippen molar-refractivity contribution in [2.45, 2.75) is 12.8 Å². The van der Waals surface area contributed by atoms with E-state index < -0.39 is 0 Å². The molecule has 1 heterocycles. The van der Waals surface area contributed by atoms with E-state index in [-0.39, 0.29) is 0 Å². The van der Waals surface area contributed by atoms with Gasteiger partial charge in [0.15, 0.2) is 0 Å². The number of hydrogen-bond donors (Lipinski definition) is 1. The summed E-state index contributed by atoms with van der Waals surface area (Å²) in [4.78, 5) is 4.31. The van der Waals surface area contributed by atoms with Gasteiger partial charge in [-0.3, -0.25) is 0 Å². The van der Waals surface area contributed by atoms with Gasteiger partial charge in [0.2, 0.25) is 0 Å². The van der Waals surface area contributed by atoms with Gasteiger partial charge in [-0.25, -0.2) is 4.98 Å². The number of benzene rings is 1. The number of hydrogen-bond acceptors (Lipinski definition) is 3. The summed E-state index contributed by atoms with van der Waals surface area (Å²) in [6, 6.07) is 6.57. The van der Waals surface area contributed by atoms with Crippen molar-refractivity contribution in [3.63, 3.8) is 0 Å². The predicted octanol–water partition coefficient (Wildman–Crippen LogP) is 2.45. The third kappa shape index (κ3) is 2.11. The quantitative estimate of drug-likeness (QED) is 0.777. The molecular formula is C11H14N2S. The number of nitrogens with one attached hydrogen (secondary N) is 1. The van der Waals surface area contributed by atoms with Gasteiger partial charge in [0.25, 0.3) is 0 Å². The molecule has 1 N–H and O–H groups in total. The first-order chi connectivity index (χ1) is 6.90. The van der Waals surface area contributed by atoms with Crippen molar-refractivity contribution in [2.24, 2.45) is 0 Å². The first-order valence-corrected chi connectivity index (χ1v) is 5.75. The van der Waals surface area contributed by atoms with E-state index in [1.165, 1.54) is 16.7 Å². The molecule has 2 nitrogen and oxygen atoms in total. The van der Waals surface area contributed by atoms with Crippen molar-refractivity contribution in [3.05, 3.63) is 29.3 Å². The van der Waals surface area contributed by atoms with E-state index in [4.69, 9.17) is 0 Å². The molecular weight excluding hydrogens is 192 g/mol. The number of aryl methyl sites for hydroxylation is 1. The second-order valence-corrected chi connectivity index (χ2v) is 4.25. The average molecular weight is 206 g/mol. The Hall–Kier alpha value is -0.930. The van der Waals surface area contributed by atoms with Crippen LogP contribution in [0.1, 0.15) is 12.0 Å². The Kier molecular flexibility index (Phi) is 3.11. The van der Waals surface area contributed by atoms with E-state index >= 15 is 0 Å². The van der Waals surface area contributed by atoms with Gasteiger partial charge in [-0.05, 0) is 44.1 Å². The fourth-order valence-electron chi connectivity index (χ4n) is 1.53. The highest BCUT2D eigenvalue weighted by atomic mass is 32.1. The zero-order valence-corrected chi connectivity index (χ0v) is 9.10. The Morgan fingerprint density at radius 2 is 2.36 bits per heavy atom. The van der Waals surface area contributed by atoms with E-state index in [2.05, 4.69) is 28.5 Å². The zero-order valence-electron chi connectivity index (χ0n) is 8.29. The fourth-order valence-corrected chi connectivity index (χ4v) is 2.19. The highest BCUT2D eigenvalue weighted by molar-refractivity contribution is 7.16. The molecule has 0 atom stereocenters. The summed E-state index contributed by atoms with van der Waals surface area (Å²) in [5.41, 5.74) is 4.43. The van der Waals surface area contributed by atoms with Gasteiger partial charge in [0.1, 0.15) is 0 Å². The molecule has 0 bridgehead atoms. The molecule has 0 unspecified atom stereocenters. The average Bonchev–Trinajstić information content (AvgIpc) is 2.65. The van der Waals surface area contributed by atoms with Crippen LogP contribution in [-0.4, -0.2) is 18.6 Å². The van der Waals surface area contributed by atoms with Crippen LogP contribution < -0.4 is 5.32 Å². The lowest BCUT2D eigenvalue weighted by molar-refractivity contribution is 0.725. The second kappa shape index (κ2) is 4.53. The minimum absolute atomic E-state index is 1.08. The van der Waals surface area contributed by atoms with Crippen LogP contribution in [0, 0.1) is 0 Å². The van der Waals surface area contributed by atoms with Crippen molar-refractivity contribution < 1.29 is 0 Å². The highest BCUT2D eigenvalue weighted by Gasteiger charge is 1.98. The van der Waals surface area contributed by atoms with Gasteiger partial charge >= 0.3 is 0 Å². The lowest BCUT2D eigenvalue weighted by Crippen LogP contribution is -2.08. The van der Waals surface area contributed by atoms with Gasteiger partial charge in [0.05, 0.1) is 15.7 Å². The van der Waals surface area contributed by atoms with Crippen LogP contribution in [-0.2, 0) is 6.42 Å². The van der Waals surface area contributed by atoms with Gasteiger partial charge in [-0.1, -0.05) is 6.07 Å². The SMILES string of the molecule is CNCCCc1ccc2scnc2c1. The summed E-state index contributed by atoms with van der Waals surface area (Å²) in [7, 11) is 1.99. The number of rotatable bonds is 4. The van der Waals surface area contributed by atoms with Crippen LogP contribution in [0.4, 0.5) is 0 Å². The van der Waals surface area contributed by atoms with Crippen LogP contribution in [0.2, 0.25) is 0 Å². The molecule has 2 rings (SSSR count). The normalized spacial score (nSPS) is 10.9. The number of fused-ring (bicyclic) bond motifs is 1. The van der Waals surface area contributed by atoms with Crippen molar-refractivity contribution in [2.75, 3.05) is 13.6 Å². The molecule has 0 spiro atoms. The molecule has 0 aliphatic carbocycles. The summed E-state index contributed by atoms with van der Waals surface area (Å²) in [5, 5.41) is 3.16. The summed E-state index contributed by atoms with van der Waals surface area (Å²) in [6.45, 7) is 1.08. The molecule has 0 amide bonds. The van der Waals surface area contributed by atoms with Gasteiger partial charge in [-0.15, -0.1) is 11.3 Å². The number of nitrogens with zero attached hydrogens (tertiary/aromatic N) is 1. The lowest BCUT2D eigenvalue weighted by Gasteiger charge is -2.00. The topological polar surface area (TPSA) is 24.9 Å². The highest BCUT2D eigenvalue weighted by Crippen LogP contribution is 2.19. The maximum absolute atomic E-state index is 4.31. The van der Waals surface area contributed by atoms with E-state index in [1.54, 1.807) is 11.3 Å². The van der Waals surface area contributed by atoms with Crippen LogP contribution >= 0.6 is 11.3 Å². The summed E-state index contributed by atoms with van der Waals surface area (Å²) in [6.07, 6.45) is 2.32. The third-order valence-electron chi connectivity index (χ3n) is 2.29. The number of aromatic nitrogens is 1. The van der Waals surface area contributed by atoms with E-state index in [1.807, 2.05) is 12.6 Å². The van der Waals surface area contributed by atoms with Crippen molar-refractivity contribution in [3.8, 4) is 0 Å². The summed E-state index contributed by atoms with van der Waals surface area (Å²) >= 11 is 1.70. The minimum atomic E-state index is 1.08. The van der Waals surface area contributed by atoms with Crippen LogP contribution in [0.5, 0.6) is 0 Å². The zero-order chi connectivity index (χ0) is 9.80. The molecule has 0 aliphatic rings. The Labute approximate surface area is 88.0 Å². The molecule has 2 aromatic rings. The third-order valence-corrected chi connectivity index (χ3v) is 3.10. The van der Waals surface area contributed by atoms with Crippen molar-refractivity contribution in [1.82, 2.24) is 10.3 Å². The van der Waals surface area contributed by atoms with E-state index in [0.717, 1.165) is 18.5 Å². The Morgan fingerprint density at radius 3 is 3.21 bits per heavy atom. The van der Waals surface area contributed by atoms with E-state index in [9.17, 15) is 0 Å². The Morgan fingerprint density at radius 1 is 1.43 bits per heavy atom. The molecule has 0 fully saturated rings. The maximum Gasteiger partial charge on any atom is 0.0814 e. The summed E-state index contributed by atoms with van der Waals surface area (Å²) < 4.78 is 1.28.